The number of aliphatic hydroxyl groups is 2. The van der Waals surface area contributed by atoms with Crippen LogP contribution in [0.3, 0.4) is 0 Å². The highest BCUT2D eigenvalue weighted by Crippen LogP contribution is 2.24. The second-order valence-electron chi connectivity index (χ2n) is 7.00. The molecule has 0 aliphatic rings. The minimum atomic E-state index is -0.784. The second kappa shape index (κ2) is 7.08. The number of hydrogen-bond donors (Lipinski definition) is 2. The molecule has 0 aliphatic carbocycles. The molecule has 2 nitrogen and oxygen atoms in total. The van der Waals surface area contributed by atoms with Gasteiger partial charge >= 0.3 is 0 Å². The Balaban J connectivity index is 1.87. The molecular formula is C20H26O2S. The average molecular weight is 330 g/mol. The SMILES string of the molecule is CC(C)(O)c1ccc(CSCc2ccc(C(C)(C)O)cc2)cc1. The van der Waals surface area contributed by atoms with Crippen molar-refractivity contribution >= 4 is 11.8 Å². The summed E-state index contributed by atoms with van der Waals surface area (Å²) in [6, 6.07) is 16.3. The van der Waals surface area contributed by atoms with Gasteiger partial charge in [0.15, 0.2) is 0 Å². The smallest absolute Gasteiger partial charge is 0.0840 e. The van der Waals surface area contributed by atoms with E-state index < -0.39 is 11.2 Å². The molecule has 0 saturated carbocycles. The molecule has 0 unspecified atom stereocenters. The van der Waals surface area contributed by atoms with Gasteiger partial charge in [-0.2, -0.15) is 11.8 Å². The Morgan fingerprint density at radius 3 is 1.22 bits per heavy atom. The molecule has 23 heavy (non-hydrogen) atoms. The third-order valence-electron chi connectivity index (χ3n) is 3.86. The first-order chi connectivity index (χ1) is 10.7. The number of rotatable bonds is 6. The predicted octanol–water partition coefficient (Wildman–Crippen LogP) is 4.57. The Kier molecular flexibility index (Phi) is 5.56. The van der Waals surface area contributed by atoms with Crippen LogP contribution in [-0.4, -0.2) is 10.2 Å². The van der Waals surface area contributed by atoms with Crippen LogP contribution in [0, 0.1) is 0 Å². The van der Waals surface area contributed by atoms with Crippen LogP contribution in [0.25, 0.3) is 0 Å². The van der Waals surface area contributed by atoms with E-state index in [0.29, 0.717) is 0 Å². The summed E-state index contributed by atoms with van der Waals surface area (Å²) < 4.78 is 0. The molecule has 2 aromatic carbocycles. The van der Waals surface area contributed by atoms with Crippen LogP contribution in [-0.2, 0) is 22.7 Å². The molecule has 2 N–H and O–H groups in total. The monoisotopic (exact) mass is 330 g/mol. The van der Waals surface area contributed by atoms with E-state index in [4.69, 9.17) is 0 Å². The van der Waals surface area contributed by atoms with Crippen molar-refractivity contribution in [3.05, 3.63) is 70.8 Å². The summed E-state index contributed by atoms with van der Waals surface area (Å²) in [6.45, 7) is 7.20. The molecule has 0 spiro atoms. The Hall–Kier alpha value is -1.29. The molecule has 0 aliphatic heterocycles. The van der Waals surface area contributed by atoms with Crippen molar-refractivity contribution in [2.24, 2.45) is 0 Å². The van der Waals surface area contributed by atoms with Crippen LogP contribution >= 0.6 is 11.8 Å². The molecule has 2 rings (SSSR count). The van der Waals surface area contributed by atoms with Crippen LogP contribution in [0.1, 0.15) is 49.9 Å². The standard InChI is InChI=1S/C20H26O2S/c1-19(2,21)17-9-5-15(6-10-17)13-23-14-16-7-11-18(12-8-16)20(3,4)22/h5-12,21-22H,13-14H2,1-4H3. The second-order valence-corrected chi connectivity index (χ2v) is 7.99. The predicted molar refractivity (Wildman–Crippen MR) is 98.4 cm³/mol. The van der Waals surface area contributed by atoms with Gasteiger partial charge in [0.25, 0.3) is 0 Å². The Morgan fingerprint density at radius 1 is 0.652 bits per heavy atom. The third-order valence-corrected chi connectivity index (χ3v) is 4.93. The van der Waals surface area contributed by atoms with Gasteiger partial charge in [-0.05, 0) is 49.9 Å². The number of hydrogen-bond acceptors (Lipinski definition) is 3. The highest BCUT2D eigenvalue weighted by molar-refractivity contribution is 7.97. The first-order valence-electron chi connectivity index (χ1n) is 7.87. The molecule has 2 aromatic rings. The lowest BCUT2D eigenvalue weighted by molar-refractivity contribution is 0.0780. The zero-order valence-corrected chi connectivity index (χ0v) is 15.2. The van der Waals surface area contributed by atoms with Crippen molar-refractivity contribution < 1.29 is 10.2 Å². The average Bonchev–Trinajstić information content (AvgIpc) is 2.46. The molecular weight excluding hydrogens is 304 g/mol. The topological polar surface area (TPSA) is 40.5 Å². The molecule has 124 valence electrons. The molecule has 0 radical (unpaired) electrons. The minimum Gasteiger partial charge on any atom is -0.386 e. The van der Waals surface area contributed by atoms with E-state index in [1.165, 1.54) is 11.1 Å². The van der Waals surface area contributed by atoms with E-state index in [-0.39, 0.29) is 0 Å². The molecule has 0 saturated heterocycles. The largest absolute Gasteiger partial charge is 0.386 e. The van der Waals surface area contributed by atoms with Gasteiger partial charge in [0, 0.05) is 11.5 Å². The highest BCUT2D eigenvalue weighted by atomic mass is 32.2. The maximum atomic E-state index is 9.96. The van der Waals surface area contributed by atoms with Crippen molar-refractivity contribution in [2.75, 3.05) is 0 Å². The van der Waals surface area contributed by atoms with Gasteiger partial charge in [0.1, 0.15) is 0 Å². The molecule has 0 fully saturated rings. The van der Waals surface area contributed by atoms with E-state index in [0.717, 1.165) is 22.6 Å². The van der Waals surface area contributed by atoms with Crippen LogP contribution in [0.2, 0.25) is 0 Å². The summed E-state index contributed by atoms with van der Waals surface area (Å²) in [5.41, 5.74) is 2.83. The lowest BCUT2D eigenvalue weighted by atomic mass is 9.98. The van der Waals surface area contributed by atoms with Crippen molar-refractivity contribution in [2.45, 2.75) is 50.4 Å². The van der Waals surface area contributed by atoms with Crippen LogP contribution in [0.4, 0.5) is 0 Å². The summed E-state index contributed by atoms with van der Waals surface area (Å²) in [7, 11) is 0. The van der Waals surface area contributed by atoms with Gasteiger partial charge in [0.2, 0.25) is 0 Å². The zero-order chi connectivity index (χ0) is 17.1. The Morgan fingerprint density at radius 2 is 0.957 bits per heavy atom. The van der Waals surface area contributed by atoms with Gasteiger partial charge < -0.3 is 10.2 Å². The third kappa shape index (κ3) is 5.38. The van der Waals surface area contributed by atoms with Crippen molar-refractivity contribution in [3.8, 4) is 0 Å². The number of thioether (sulfide) groups is 1. The van der Waals surface area contributed by atoms with Crippen molar-refractivity contribution in [3.63, 3.8) is 0 Å². The highest BCUT2D eigenvalue weighted by Gasteiger charge is 2.16. The Bertz CT molecular complexity index is 559. The summed E-state index contributed by atoms with van der Waals surface area (Å²) >= 11 is 1.86. The van der Waals surface area contributed by atoms with Crippen LogP contribution in [0.15, 0.2) is 48.5 Å². The van der Waals surface area contributed by atoms with Gasteiger partial charge in [0.05, 0.1) is 11.2 Å². The van der Waals surface area contributed by atoms with Crippen molar-refractivity contribution in [1.29, 1.82) is 0 Å². The van der Waals surface area contributed by atoms with Crippen LogP contribution in [0.5, 0.6) is 0 Å². The molecule has 0 bridgehead atoms. The maximum Gasteiger partial charge on any atom is 0.0840 e. The van der Waals surface area contributed by atoms with Crippen molar-refractivity contribution in [1.82, 2.24) is 0 Å². The van der Waals surface area contributed by atoms with Crippen LogP contribution < -0.4 is 0 Å². The Labute approximate surface area is 143 Å². The molecule has 0 atom stereocenters. The van der Waals surface area contributed by atoms with Gasteiger partial charge in [-0.1, -0.05) is 48.5 Å². The summed E-state index contributed by atoms with van der Waals surface area (Å²) in [5, 5.41) is 19.9. The lowest BCUT2D eigenvalue weighted by Crippen LogP contribution is -2.15. The summed E-state index contributed by atoms with van der Waals surface area (Å²) in [5.74, 6) is 1.89. The maximum absolute atomic E-state index is 9.96. The normalized spacial score (nSPS) is 12.4. The molecule has 0 heterocycles. The minimum absolute atomic E-state index is 0.784. The summed E-state index contributed by atoms with van der Waals surface area (Å²) in [6.07, 6.45) is 0. The molecule has 0 amide bonds. The molecule has 0 aromatic heterocycles. The first-order valence-corrected chi connectivity index (χ1v) is 9.03. The summed E-state index contributed by atoms with van der Waals surface area (Å²) in [4.78, 5) is 0. The zero-order valence-electron chi connectivity index (χ0n) is 14.3. The quantitative estimate of drug-likeness (QED) is 0.815. The van der Waals surface area contributed by atoms with E-state index in [9.17, 15) is 10.2 Å². The van der Waals surface area contributed by atoms with Gasteiger partial charge in [-0.25, -0.2) is 0 Å². The van der Waals surface area contributed by atoms with E-state index in [2.05, 4.69) is 24.3 Å². The molecule has 3 heteroatoms. The lowest BCUT2D eigenvalue weighted by Gasteiger charge is -2.18. The fraction of sp³-hybridized carbons (Fsp3) is 0.400. The fourth-order valence-corrected chi connectivity index (χ4v) is 3.26. The van der Waals surface area contributed by atoms with E-state index in [1.54, 1.807) is 27.7 Å². The van der Waals surface area contributed by atoms with Gasteiger partial charge in [-0.3, -0.25) is 0 Å². The van der Waals surface area contributed by atoms with E-state index in [1.807, 2.05) is 36.0 Å². The number of benzene rings is 2. The fourth-order valence-electron chi connectivity index (χ4n) is 2.30. The first kappa shape index (κ1) is 18.1. The van der Waals surface area contributed by atoms with E-state index >= 15 is 0 Å². The van der Waals surface area contributed by atoms with Gasteiger partial charge in [-0.15, -0.1) is 0 Å².